The highest BCUT2D eigenvalue weighted by atomic mass is 16.5. The molecule has 1 aliphatic heterocycles. The average Bonchev–Trinajstić information content (AvgIpc) is 2.96. The third-order valence-electron chi connectivity index (χ3n) is 3.45. The van der Waals surface area contributed by atoms with Gasteiger partial charge in [-0.25, -0.2) is 4.79 Å². The largest absolute Gasteiger partial charge is 0.480 e. The molecule has 21 heavy (non-hydrogen) atoms. The maximum Gasteiger partial charge on any atom is 0.323 e. The van der Waals surface area contributed by atoms with Crippen LogP contribution in [0.3, 0.4) is 0 Å². The Labute approximate surface area is 123 Å². The highest BCUT2D eigenvalue weighted by Gasteiger charge is 2.21. The number of aryl methyl sites for hydroxylation is 1. The summed E-state index contributed by atoms with van der Waals surface area (Å²) < 4.78 is 5.25. The van der Waals surface area contributed by atoms with E-state index in [0.717, 1.165) is 18.6 Å². The lowest BCUT2D eigenvalue weighted by Gasteiger charge is -2.22. The van der Waals surface area contributed by atoms with Crippen LogP contribution < -0.4 is 10.2 Å². The Balaban J connectivity index is 2.01. The summed E-state index contributed by atoms with van der Waals surface area (Å²) in [5, 5.41) is 11.8. The SMILES string of the molecule is Cc1ccc(N(CC(=O)O)C(=O)NCC2CCOC2)cc1. The Bertz CT molecular complexity index is 495. The van der Waals surface area contributed by atoms with Gasteiger partial charge in [0.05, 0.1) is 6.61 Å². The number of carboxylic acid groups (broad SMARTS) is 1. The molecule has 0 aromatic heterocycles. The van der Waals surface area contributed by atoms with Crippen molar-refractivity contribution in [2.45, 2.75) is 13.3 Å². The van der Waals surface area contributed by atoms with Crippen LogP contribution in [-0.4, -0.2) is 43.4 Å². The van der Waals surface area contributed by atoms with Crippen LogP contribution in [0.4, 0.5) is 10.5 Å². The van der Waals surface area contributed by atoms with E-state index in [-0.39, 0.29) is 6.54 Å². The van der Waals surface area contributed by atoms with Crippen molar-refractivity contribution in [1.29, 1.82) is 0 Å². The van der Waals surface area contributed by atoms with Crippen molar-refractivity contribution < 1.29 is 19.4 Å². The molecule has 1 saturated heterocycles. The van der Waals surface area contributed by atoms with Crippen LogP contribution in [0, 0.1) is 12.8 Å². The molecule has 1 fully saturated rings. The van der Waals surface area contributed by atoms with Gasteiger partial charge in [0.1, 0.15) is 6.54 Å². The van der Waals surface area contributed by atoms with E-state index < -0.39 is 12.0 Å². The third kappa shape index (κ3) is 4.46. The second-order valence-corrected chi connectivity index (χ2v) is 5.23. The fraction of sp³-hybridized carbons (Fsp3) is 0.467. The molecule has 6 heteroatoms. The number of nitrogens with zero attached hydrogens (tertiary/aromatic N) is 1. The number of hydrogen-bond donors (Lipinski definition) is 2. The summed E-state index contributed by atoms with van der Waals surface area (Å²) in [4.78, 5) is 24.4. The van der Waals surface area contributed by atoms with Crippen LogP contribution >= 0.6 is 0 Å². The fourth-order valence-electron chi connectivity index (χ4n) is 2.21. The van der Waals surface area contributed by atoms with Crippen molar-refractivity contribution in [2.24, 2.45) is 5.92 Å². The average molecular weight is 292 g/mol. The van der Waals surface area contributed by atoms with E-state index in [2.05, 4.69) is 5.32 Å². The van der Waals surface area contributed by atoms with Gasteiger partial charge < -0.3 is 15.2 Å². The Kier molecular flexibility index (Phi) is 5.16. The normalized spacial score (nSPS) is 17.5. The molecule has 1 aromatic carbocycles. The van der Waals surface area contributed by atoms with Crippen LogP contribution in [0.1, 0.15) is 12.0 Å². The van der Waals surface area contributed by atoms with Crippen LogP contribution in [0.25, 0.3) is 0 Å². The van der Waals surface area contributed by atoms with Crippen molar-refractivity contribution in [3.8, 4) is 0 Å². The molecule has 114 valence electrons. The van der Waals surface area contributed by atoms with Gasteiger partial charge in [-0.2, -0.15) is 0 Å². The lowest BCUT2D eigenvalue weighted by Crippen LogP contribution is -2.44. The molecule has 1 atom stereocenters. The molecule has 0 aliphatic carbocycles. The van der Waals surface area contributed by atoms with Gasteiger partial charge in [-0.05, 0) is 25.5 Å². The van der Waals surface area contributed by atoms with Crippen LogP contribution in [0.15, 0.2) is 24.3 Å². The number of nitrogens with one attached hydrogen (secondary N) is 1. The topological polar surface area (TPSA) is 78.9 Å². The minimum absolute atomic E-state index is 0.304. The number of rotatable bonds is 5. The summed E-state index contributed by atoms with van der Waals surface area (Å²) >= 11 is 0. The monoisotopic (exact) mass is 292 g/mol. The molecular weight excluding hydrogens is 272 g/mol. The summed E-state index contributed by atoms with van der Waals surface area (Å²) in [6.45, 7) is 3.43. The molecule has 0 bridgehead atoms. The van der Waals surface area contributed by atoms with Gasteiger partial charge in [0, 0.05) is 24.8 Å². The predicted octanol–water partition coefficient (Wildman–Crippen LogP) is 1.63. The molecule has 2 N–H and O–H groups in total. The number of hydrogen-bond acceptors (Lipinski definition) is 3. The van der Waals surface area contributed by atoms with Gasteiger partial charge in [-0.15, -0.1) is 0 Å². The number of benzene rings is 1. The molecule has 1 unspecified atom stereocenters. The summed E-state index contributed by atoms with van der Waals surface area (Å²) in [6.07, 6.45) is 0.920. The van der Waals surface area contributed by atoms with E-state index in [0.29, 0.717) is 24.8 Å². The minimum atomic E-state index is -1.05. The third-order valence-corrected chi connectivity index (χ3v) is 3.45. The molecule has 0 saturated carbocycles. The van der Waals surface area contributed by atoms with E-state index in [1.165, 1.54) is 4.90 Å². The van der Waals surface area contributed by atoms with Crippen molar-refractivity contribution >= 4 is 17.7 Å². The first-order valence-electron chi connectivity index (χ1n) is 6.98. The summed E-state index contributed by atoms with van der Waals surface area (Å²) in [5.74, 6) is -0.742. The maximum absolute atomic E-state index is 12.2. The second kappa shape index (κ2) is 7.08. The lowest BCUT2D eigenvalue weighted by atomic mass is 10.1. The number of ether oxygens (including phenoxy) is 1. The molecule has 6 nitrogen and oxygen atoms in total. The Hall–Kier alpha value is -2.08. The van der Waals surface area contributed by atoms with Crippen molar-refractivity contribution in [1.82, 2.24) is 5.32 Å². The van der Waals surface area contributed by atoms with Gasteiger partial charge in [0.25, 0.3) is 0 Å². The summed E-state index contributed by atoms with van der Waals surface area (Å²) in [6, 6.07) is 6.80. The van der Waals surface area contributed by atoms with E-state index in [1.807, 2.05) is 19.1 Å². The smallest absolute Gasteiger partial charge is 0.323 e. The maximum atomic E-state index is 12.2. The van der Waals surface area contributed by atoms with Crippen LogP contribution in [0.2, 0.25) is 0 Å². The molecule has 1 aliphatic rings. The van der Waals surface area contributed by atoms with E-state index in [4.69, 9.17) is 9.84 Å². The van der Waals surface area contributed by atoms with Crippen molar-refractivity contribution in [3.05, 3.63) is 29.8 Å². The minimum Gasteiger partial charge on any atom is -0.480 e. The molecule has 1 aromatic rings. The summed E-state index contributed by atoms with van der Waals surface area (Å²) in [7, 11) is 0. The highest BCUT2D eigenvalue weighted by molar-refractivity contribution is 5.96. The first kappa shape index (κ1) is 15.3. The Morgan fingerprint density at radius 2 is 2.10 bits per heavy atom. The zero-order valence-electron chi connectivity index (χ0n) is 12.0. The van der Waals surface area contributed by atoms with Crippen molar-refractivity contribution in [3.63, 3.8) is 0 Å². The highest BCUT2D eigenvalue weighted by Crippen LogP contribution is 2.16. The van der Waals surface area contributed by atoms with Gasteiger partial charge in [0.15, 0.2) is 0 Å². The van der Waals surface area contributed by atoms with Crippen LogP contribution in [0.5, 0.6) is 0 Å². The van der Waals surface area contributed by atoms with Crippen LogP contribution in [-0.2, 0) is 9.53 Å². The van der Waals surface area contributed by atoms with Gasteiger partial charge in [-0.3, -0.25) is 9.69 Å². The molecule has 1 heterocycles. The molecule has 0 spiro atoms. The zero-order chi connectivity index (χ0) is 15.2. The van der Waals surface area contributed by atoms with Gasteiger partial charge in [-0.1, -0.05) is 17.7 Å². The standard InChI is InChI=1S/C15H20N2O4/c1-11-2-4-13(5-3-11)17(9-14(18)19)15(20)16-8-12-6-7-21-10-12/h2-5,12H,6-10H2,1H3,(H,16,20)(H,18,19). The molecular formula is C15H20N2O4. The molecule has 2 amide bonds. The number of amides is 2. The number of urea groups is 1. The Morgan fingerprint density at radius 3 is 2.67 bits per heavy atom. The van der Waals surface area contributed by atoms with Gasteiger partial charge in [0.2, 0.25) is 0 Å². The first-order chi connectivity index (χ1) is 10.1. The second-order valence-electron chi connectivity index (χ2n) is 5.23. The Morgan fingerprint density at radius 1 is 1.38 bits per heavy atom. The number of aliphatic carboxylic acids is 1. The van der Waals surface area contributed by atoms with E-state index in [1.54, 1.807) is 12.1 Å². The predicted molar refractivity (Wildman–Crippen MR) is 78.5 cm³/mol. The lowest BCUT2D eigenvalue weighted by molar-refractivity contribution is -0.135. The number of carbonyl (C=O) groups is 2. The molecule has 0 radical (unpaired) electrons. The van der Waals surface area contributed by atoms with E-state index >= 15 is 0 Å². The van der Waals surface area contributed by atoms with Gasteiger partial charge >= 0.3 is 12.0 Å². The number of anilines is 1. The molecule has 2 rings (SSSR count). The quantitative estimate of drug-likeness (QED) is 0.864. The summed E-state index contributed by atoms with van der Waals surface area (Å²) in [5.41, 5.74) is 1.63. The number of carboxylic acids is 1. The zero-order valence-corrected chi connectivity index (χ0v) is 12.0. The van der Waals surface area contributed by atoms with E-state index in [9.17, 15) is 9.59 Å². The van der Waals surface area contributed by atoms with Crippen molar-refractivity contribution in [2.75, 3.05) is 31.2 Å². The first-order valence-corrected chi connectivity index (χ1v) is 6.98. The fourth-order valence-corrected chi connectivity index (χ4v) is 2.21. The number of carbonyl (C=O) groups excluding carboxylic acids is 1.